The number of sulfonamides is 1. The number of nitrogens with zero attached hydrogens (tertiary/aromatic N) is 2. The van der Waals surface area contributed by atoms with Gasteiger partial charge in [0.2, 0.25) is 15.9 Å². The van der Waals surface area contributed by atoms with Crippen molar-refractivity contribution in [1.82, 2.24) is 9.21 Å². The number of benzene rings is 2. The Labute approximate surface area is 173 Å². The number of carbonyl (C=O) groups excluding carboxylic acids is 1. The molecule has 1 atom stereocenters. The Morgan fingerprint density at radius 1 is 1.07 bits per heavy atom. The van der Waals surface area contributed by atoms with Crippen LogP contribution in [0, 0.1) is 0 Å². The van der Waals surface area contributed by atoms with Crippen LogP contribution in [0.15, 0.2) is 54.6 Å². The van der Waals surface area contributed by atoms with Gasteiger partial charge in [-0.15, -0.1) is 0 Å². The minimum atomic E-state index is -3.19. The largest absolute Gasteiger partial charge is 0.324 e. The van der Waals surface area contributed by atoms with E-state index in [2.05, 4.69) is 10.2 Å². The van der Waals surface area contributed by atoms with E-state index >= 15 is 0 Å². The third-order valence-corrected chi connectivity index (χ3v) is 7.08. The van der Waals surface area contributed by atoms with Crippen LogP contribution in [0.5, 0.6) is 0 Å². The summed E-state index contributed by atoms with van der Waals surface area (Å²) < 4.78 is 25.0. The molecule has 3 rings (SSSR count). The summed E-state index contributed by atoms with van der Waals surface area (Å²) in [4.78, 5) is 15.0. The minimum absolute atomic E-state index is 0.00434. The van der Waals surface area contributed by atoms with Gasteiger partial charge in [0.1, 0.15) is 0 Å². The van der Waals surface area contributed by atoms with Gasteiger partial charge in [0.25, 0.3) is 0 Å². The van der Waals surface area contributed by atoms with Crippen LogP contribution in [0.4, 0.5) is 5.69 Å². The molecule has 1 amide bonds. The van der Waals surface area contributed by atoms with E-state index in [1.165, 1.54) is 10.6 Å². The van der Waals surface area contributed by atoms with Crippen LogP contribution in [-0.2, 0) is 14.8 Å². The first-order valence-electron chi connectivity index (χ1n) is 9.89. The van der Waals surface area contributed by atoms with E-state index in [0.717, 1.165) is 29.7 Å². The van der Waals surface area contributed by atoms with Crippen LogP contribution < -0.4 is 5.32 Å². The third kappa shape index (κ3) is 5.23. The molecule has 0 radical (unpaired) electrons. The lowest BCUT2D eigenvalue weighted by atomic mass is 10.0. The Morgan fingerprint density at radius 2 is 1.66 bits per heavy atom. The lowest BCUT2D eigenvalue weighted by molar-refractivity contribution is -0.121. The Morgan fingerprint density at radius 3 is 2.28 bits per heavy atom. The molecule has 6 nitrogen and oxygen atoms in total. The van der Waals surface area contributed by atoms with E-state index < -0.39 is 10.0 Å². The standard InChI is InChI=1S/C22H29N3O3S/c1-17(25-15-13-19(14-16-25)24(2)29(3,27)28)22(26)23-21-12-8-7-11-20(21)18-9-5-4-6-10-18/h4-12,17,19H,13-16H2,1-3H3,(H,23,26)/t17-/m0/s1. The predicted octanol–water partition coefficient (Wildman–Crippen LogP) is 3.04. The zero-order chi connectivity index (χ0) is 21.0. The molecule has 0 bridgehead atoms. The van der Waals surface area contributed by atoms with Crippen molar-refractivity contribution in [3.05, 3.63) is 54.6 Å². The van der Waals surface area contributed by atoms with Crippen LogP contribution in [0.1, 0.15) is 19.8 Å². The number of piperidine rings is 1. The first-order valence-corrected chi connectivity index (χ1v) is 11.7. The van der Waals surface area contributed by atoms with E-state index in [0.29, 0.717) is 13.1 Å². The smallest absolute Gasteiger partial charge is 0.241 e. The van der Waals surface area contributed by atoms with E-state index in [1.807, 2.05) is 61.5 Å². The number of carbonyl (C=O) groups is 1. The monoisotopic (exact) mass is 415 g/mol. The molecule has 156 valence electrons. The lowest BCUT2D eigenvalue weighted by Crippen LogP contribution is -2.50. The molecule has 7 heteroatoms. The molecule has 1 saturated heterocycles. The second-order valence-electron chi connectivity index (χ2n) is 7.62. The molecule has 1 N–H and O–H groups in total. The van der Waals surface area contributed by atoms with Gasteiger partial charge in [0.15, 0.2) is 0 Å². The molecular formula is C22H29N3O3S. The molecule has 29 heavy (non-hydrogen) atoms. The number of amides is 1. The maximum Gasteiger partial charge on any atom is 0.241 e. The molecular weight excluding hydrogens is 386 g/mol. The summed E-state index contributed by atoms with van der Waals surface area (Å²) in [5.41, 5.74) is 2.84. The van der Waals surface area contributed by atoms with Gasteiger partial charge >= 0.3 is 0 Å². The SMILES string of the molecule is C[C@@H](C(=O)Nc1ccccc1-c1ccccc1)N1CCC(N(C)S(C)(=O)=O)CC1. The van der Waals surface area contributed by atoms with Gasteiger partial charge in [-0.25, -0.2) is 12.7 Å². The number of nitrogens with one attached hydrogen (secondary N) is 1. The molecule has 2 aromatic rings. The fourth-order valence-electron chi connectivity index (χ4n) is 3.77. The van der Waals surface area contributed by atoms with Crippen molar-refractivity contribution in [2.45, 2.75) is 31.8 Å². The molecule has 0 aromatic heterocycles. The summed E-state index contributed by atoms with van der Waals surface area (Å²) in [5.74, 6) is -0.0525. The highest BCUT2D eigenvalue weighted by Crippen LogP contribution is 2.28. The molecule has 0 unspecified atom stereocenters. The lowest BCUT2D eigenvalue weighted by Gasteiger charge is -2.38. The second-order valence-corrected chi connectivity index (χ2v) is 9.67. The molecule has 0 saturated carbocycles. The van der Waals surface area contributed by atoms with Crippen molar-refractivity contribution in [2.24, 2.45) is 0 Å². The van der Waals surface area contributed by atoms with E-state index in [9.17, 15) is 13.2 Å². The minimum Gasteiger partial charge on any atom is -0.324 e. The third-order valence-electron chi connectivity index (χ3n) is 5.73. The molecule has 0 aliphatic carbocycles. The molecule has 1 aliphatic heterocycles. The summed E-state index contributed by atoms with van der Waals surface area (Å²) in [6.45, 7) is 3.29. The number of anilines is 1. The average molecular weight is 416 g/mol. The van der Waals surface area contributed by atoms with Gasteiger partial charge in [-0.05, 0) is 31.4 Å². The Bertz CT molecular complexity index is 939. The first kappa shape index (κ1) is 21.5. The Balaban J connectivity index is 1.64. The fraction of sp³-hybridized carbons (Fsp3) is 0.409. The molecule has 1 heterocycles. The van der Waals surface area contributed by atoms with Crippen molar-refractivity contribution < 1.29 is 13.2 Å². The predicted molar refractivity (Wildman–Crippen MR) is 117 cm³/mol. The fourth-order valence-corrected chi connectivity index (χ4v) is 4.52. The molecule has 0 spiro atoms. The van der Waals surface area contributed by atoms with Crippen LogP contribution >= 0.6 is 0 Å². The van der Waals surface area contributed by atoms with Gasteiger partial charge in [-0.2, -0.15) is 0 Å². The summed E-state index contributed by atoms with van der Waals surface area (Å²) in [5, 5.41) is 3.08. The van der Waals surface area contributed by atoms with Crippen LogP contribution in [-0.4, -0.2) is 62.0 Å². The van der Waals surface area contributed by atoms with Crippen molar-refractivity contribution in [1.29, 1.82) is 0 Å². The van der Waals surface area contributed by atoms with Crippen molar-refractivity contribution >= 4 is 21.6 Å². The topological polar surface area (TPSA) is 69.7 Å². The highest BCUT2D eigenvalue weighted by molar-refractivity contribution is 7.88. The number of rotatable bonds is 6. The van der Waals surface area contributed by atoms with E-state index in [-0.39, 0.29) is 18.0 Å². The van der Waals surface area contributed by atoms with E-state index in [1.54, 1.807) is 7.05 Å². The zero-order valence-corrected chi connectivity index (χ0v) is 18.0. The van der Waals surface area contributed by atoms with Crippen LogP contribution in [0.25, 0.3) is 11.1 Å². The van der Waals surface area contributed by atoms with Gasteiger partial charge in [0, 0.05) is 37.4 Å². The second kappa shape index (κ2) is 9.07. The van der Waals surface area contributed by atoms with Crippen LogP contribution in [0.2, 0.25) is 0 Å². The Hall–Kier alpha value is -2.22. The van der Waals surface area contributed by atoms with Crippen molar-refractivity contribution in [3.8, 4) is 11.1 Å². The highest BCUT2D eigenvalue weighted by atomic mass is 32.2. The van der Waals surface area contributed by atoms with Crippen molar-refractivity contribution in [2.75, 3.05) is 31.7 Å². The van der Waals surface area contributed by atoms with Gasteiger partial charge in [-0.3, -0.25) is 9.69 Å². The molecule has 1 fully saturated rings. The molecule has 1 aliphatic rings. The summed E-state index contributed by atoms with van der Waals surface area (Å²) in [7, 11) is -1.56. The number of likely N-dealkylation sites (tertiary alicyclic amines) is 1. The Kier molecular flexibility index (Phi) is 6.72. The van der Waals surface area contributed by atoms with Gasteiger partial charge in [-0.1, -0.05) is 48.5 Å². The average Bonchev–Trinajstić information content (AvgIpc) is 2.73. The van der Waals surface area contributed by atoms with Crippen molar-refractivity contribution in [3.63, 3.8) is 0 Å². The summed E-state index contributed by atoms with van der Waals surface area (Å²) in [6, 6.07) is 17.5. The highest BCUT2D eigenvalue weighted by Gasteiger charge is 2.31. The number of para-hydroxylation sites is 1. The maximum atomic E-state index is 12.9. The van der Waals surface area contributed by atoms with E-state index in [4.69, 9.17) is 0 Å². The summed E-state index contributed by atoms with van der Waals surface area (Å²) >= 11 is 0. The normalized spacial score (nSPS) is 17.2. The van der Waals surface area contributed by atoms with Crippen LogP contribution in [0.3, 0.4) is 0 Å². The maximum absolute atomic E-state index is 12.9. The number of hydrogen-bond donors (Lipinski definition) is 1. The molecule has 2 aromatic carbocycles. The quantitative estimate of drug-likeness (QED) is 0.787. The first-order chi connectivity index (χ1) is 13.8. The van der Waals surface area contributed by atoms with Gasteiger partial charge < -0.3 is 5.32 Å². The zero-order valence-electron chi connectivity index (χ0n) is 17.2. The summed E-state index contributed by atoms with van der Waals surface area (Å²) in [6.07, 6.45) is 2.68. The number of hydrogen-bond acceptors (Lipinski definition) is 4. The van der Waals surface area contributed by atoms with Gasteiger partial charge in [0.05, 0.1) is 12.3 Å².